The van der Waals surface area contributed by atoms with Gasteiger partial charge in [0.2, 0.25) is 0 Å². The Morgan fingerprint density at radius 1 is 1.08 bits per heavy atom. The van der Waals surface area contributed by atoms with Crippen molar-refractivity contribution < 1.29 is 4.79 Å². The summed E-state index contributed by atoms with van der Waals surface area (Å²) in [6.45, 7) is 14.4. The lowest BCUT2D eigenvalue weighted by atomic mass is 9.76. The molecule has 0 aromatic rings. The van der Waals surface area contributed by atoms with E-state index in [1.807, 2.05) is 6.92 Å². The number of hydrogen-bond donors (Lipinski definition) is 0. The Labute approximate surface area is 82.2 Å². The van der Waals surface area contributed by atoms with Crippen molar-refractivity contribution >= 4 is 5.78 Å². The predicted octanol–water partition coefficient (Wildman–Crippen LogP) is 3.59. The second-order valence-corrected chi connectivity index (χ2v) is 4.95. The van der Waals surface area contributed by atoms with Gasteiger partial charge in [0, 0.05) is 0 Å². The lowest BCUT2D eigenvalue weighted by Gasteiger charge is -2.29. The van der Waals surface area contributed by atoms with E-state index in [-0.39, 0.29) is 11.2 Å². The normalized spacial score (nSPS) is 16.5. The maximum absolute atomic E-state index is 11.2. The fourth-order valence-corrected chi connectivity index (χ4v) is 1.25. The summed E-state index contributed by atoms with van der Waals surface area (Å²) in [7, 11) is 0. The molecule has 0 saturated carbocycles. The molecule has 13 heavy (non-hydrogen) atoms. The van der Waals surface area contributed by atoms with Gasteiger partial charge in [-0.1, -0.05) is 33.3 Å². The second kappa shape index (κ2) is 4.08. The van der Waals surface area contributed by atoms with Gasteiger partial charge in [0.05, 0.1) is 0 Å². The fourth-order valence-electron chi connectivity index (χ4n) is 1.25. The van der Waals surface area contributed by atoms with Crippen molar-refractivity contribution in [3.63, 3.8) is 0 Å². The van der Waals surface area contributed by atoms with Gasteiger partial charge >= 0.3 is 0 Å². The molecule has 0 aromatic carbocycles. The lowest BCUT2D eigenvalue weighted by molar-refractivity contribution is -0.113. The van der Waals surface area contributed by atoms with Gasteiger partial charge in [-0.2, -0.15) is 0 Å². The maximum atomic E-state index is 11.2. The van der Waals surface area contributed by atoms with E-state index in [0.717, 1.165) is 5.57 Å². The van der Waals surface area contributed by atoms with Crippen LogP contribution in [0, 0.1) is 11.3 Å². The van der Waals surface area contributed by atoms with Crippen LogP contribution in [0.3, 0.4) is 0 Å². The van der Waals surface area contributed by atoms with Gasteiger partial charge < -0.3 is 0 Å². The average Bonchev–Trinajstić information content (AvgIpc) is 1.98. The molecule has 0 spiro atoms. The van der Waals surface area contributed by atoms with Crippen LogP contribution in [-0.2, 0) is 4.79 Å². The molecule has 0 radical (unpaired) electrons. The third-order valence-electron chi connectivity index (χ3n) is 3.07. The molecule has 0 N–H and O–H groups in total. The van der Waals surface area contributed by atoms with Crippen LogP contribution in [0.25, 0.3) is 0 Å². The van der Waals surface area contributed by atoms with Gasteiger partial charge in [0.25, 0.3) is 0 Å². The first-order valence-electron chi connectivity index (χ1n) is 4.86. The molecule has 1 atom stereocenters. The molecule has 1 unspecified atom stereocenters. The van der Waals surface area contributed by atoms with Crippen LogP contribution in [-0.4, -0.2) is 5.78 Å². The largest absolute Gasteiger partial charge is 0.295 e. The Morgan fingerprint density at radius 3 is 1.69 bits per heavy atom. The molecule has 0 aromatic heterocycles. The zero-order valence-electron chi connectivity index (χ0n) is 9.99. The summed E-state index contributed by atoms with van der Waals surface area (Å²) in [6, 6.07) is 0. The maximum Gasteiger partial charge on any atom is 0.155 e. The second-order valence-electron chi connectivity index (χ2n) is 4.95. The van der Waals surface area contributed by atoms with Crippen molar-refractivity contribution in [3.8, 4) is 0 Å². The first-order valence-corrected chi connectivity index (χ1v) is 4.86. The quantitative estimate of drug-likeness (QED) is 0.596. The molecular weight excluding hydrogens is 160 g/mol. The molecule has 0 heterocycles. The first-order chi connectivity index (χ1) is 5.68. The third-order valence-corrected chi connectivity index (χ3v) is 3.07. The Bertz CT molecular complexity index is 228. The Kier molecular flexibility index (Phi) is 3.89. The van der Waals surface area contributed by atoms with E-state index in [1.165, 1.54) is 5.57 Å². The molecule has 76 valence electrons. The van der Waals surface area contributed by atoms with E-state index < -0.39 is 0 Å². The van der Waals surface area contributed by atoms with Gasteiger partial charge in [0.15, 0.2) is 5.78 Å². The van der Waals surface area contributed by atoms with Gasteiger partial charge in [-0.15, -0.1) is 0 Å². The van der Waals surface area contributed by atoms with Crippen LogP contribution in [0.1, 0.15) is 48.5 Å². The molecule has 0 bridgehead atoms. The summed E-state index contributed by atoms with van der Waals surface area (Å²) in [6.07, 6.45) is 0. The topological polar surface area (TPSA) is 17.1 Å². The molecule has 0 rings (SSSR count). The highest BCUT2D eigenvalue weighted by molar-refractivity contribution is 5.93. The third kappa shape index (κ3) is 3.33. The summed E-state index contributed by atoms with van der Waals surface area (Å²) in [5, 5.41) is 0. The number of carbonyl (C=O) groups is 1. The van der Waals surface area contributed by atoms with Gasteiger partial charge in [0.1, 0.15) is 0 Å². The molecule has 1 nitrogen and oxygen atoms in total. The minimum absolute atomic E-state index is 0.189. The molecule has 0 aliphatic heterocycles. The van der Waals surface area contributed by atoms with E-state index in [1.54, 1.807) is 6.92 Å². The summed E-state index contributed by atoms with van der Waals surface area (Å²) >= 11 is 0. The highest BCUT2D eigenvalue weighted by Crippen LogP contribution is 2.32. The Hall–Kier alpha value is -0.590. The zero-order chi connectivity index (χ0) is 10.8. The monoisotopic (exact) mass is 182 g/mol. The summed E-state index contributed by atoms with van der Waals surface area (Å²) < 4.78 is 0. The van der Waals surface area contributed by atoms with Crippen molar-refractivity contribution in [1.29, 1.82) is 0 Å². The average molecular weight is 182 g/mol. The van der Waals surface area contributed by atoms with Crippen LogP contribution in [0.4, 0.5) is 0 Å². The smallest absolute Gasteiger partial charge is 0.155 e. The van der Waals surface area contributed by atoms with Crippen LogP contribution >= 0.6 is 0 Å². The highest BCUT2D eigenvalue weighted by atomic mass is 16.1. The van der Waals surface area contributed by atoms with Crippen molar-refractivity contribution in [2.24, 2.45) is 11.3 Å². The Morgan fingerprint density at radius 2 is 1.46 bits per heavy atom. The Balaban J connectivity index is 4.89. The van der Waals surface area contributed by atoms with Crippen LogP contribution in [0.5, 0.6) is 0 Å². The van der Waals surface area contributed by atoms with Crippen molar-refractivity contribution in [2.45, 2.75) is 48.5 Å². The summed E-state index contributed by atoms with van der Waals surface area (Å²) in [4.78, 5) is 11.2. The van der Waals surface area contributed by atoms with Gasteiger partial charge in [-0.3, -0.25) is 4.79 Å². The lowest BCUT2D eigenvalue weighted by Crippen LogP contribution is -2.20. The first kappa shape index (κ1) is 12.4. The standard InChI is InChI=1S/C12H22O/c1-8(9(2)11(4)13)10(3)12(5,6)7/h10H,1-7H3. The molecule has 0 aliphatic carbocycles. The number of allylic oxidation sites excluding steroid dienone is 2. The molecule has 0 aliphatic rings. The van der Waals surface area contributed by atoms with E-state index in [2.05, 4.69) is 34.6 Å². The van der Waals surface area contributed by atoms with E-state index >= 15 is 0 Å². The number of carbonyl (C=O) groups excluding carboxylic acids is 1. The van der Waals surface area contributed by atoms with E-state index in [9.17, 15) is 4.79 Å². The van der Waals surface area contributed by atoms with Gasteiger partial charge in [-0.25, -0.2) is 0 Å². The van der Waals surface area contributed by atoms with Crippen LogP contribution < -0.4 is 0 Å². The number of rotatable bonds is 2. The summed E-state index contributed by atoms with van der Waals surface area (Å²) in [5.74, 6) is 0.644. The van der Waals surface area contributed by atoms with Crippen molar-refractivity contribution in [1.82, 2.24) is 0 Å². The van der Waals surface area contributed by atoms with Crippen LogP contribution in [0.15, 0.2) is 11.1 Å². The van der Waals surface area contributed by atoms with Crippen molar-refractivity contribution in [2.75, 3.05) is 0 Å². The highest BCUT2D eigenvalue weighted by Gasteiger charge is 2.23. The van der Waals surface area contributed by atoms with E-state index in [0.29, 0.717) is 5.92 Å². The molecular formula is C12H22O. The van der Waals surface area contributed by atoms with Crippen molar-refractivity contribution in [3.05, 3.63) is 11.1 Å². The number of ketones is 1. The molecule has 0 fully saturated rings. The zero-order valence-corrected chi connectivity index (χ0v) is 9.99. The minimum atomic E-state index is 0.189. The SMILES string of the molecule is CC(=O)C(C)=C(C)C(C)C(C)(C)C. The fraction of sp³-hybridized carbons (Fsp3) is 0.750. The molecule has 0 saturated heterocycles. The predicted molar refractivity (Wildman–Crippen MR) is 57.7 cm³/mol. The van der Waals surface area contributed by atoms with E-state index in [4.69, 9.17) is 0 Å². The van der Waals surface area contributed by atoms with Crippen LogP contribution in [0.2, 0.25) is 0 Å². The number of hydrogen-bond acceptors (Lipinski definition) is 1. The summed E-state index contributed by atoms with van der Waals surface area (Å²) in [5.41, 5.74) is 2.38. The number of Topliss-reactive ketones (excluding diaryl/α,β-unsaturated/α-hetero) is 1. The minimum Gasteiger partial charge on any atom is -0.295 e. The molecule has 1 heteroatoms. The van der Waals surface area contributed by atoms with Gasteiger partial charge in [-0.05, 0) is 37.7 Å². The molecule has 0 amide bonds.